The molecule has 1 nitrogen and oxygen atoms in total. The standard InChI is InChI=1S/C11H19N/c1-8-4-10(8)5-9(6-10)7-11(12)2-3-11/h8-9H,2-7,12H2,1H3. The summed E-state index contributed by atoms with van der Waals surface area (Å²) in [6.45, 7) is 2.41. The molecule has 68 valence electrons. The summed E-state index contributed by atoms with van der Waals surface area (Å²) in [5.74, 6) is 2.05. The van der Waals surface area contributed by atoms with Gasteiger partial charge in [-0.15, -0.1) is 0 Å². The first-order valence-corrected chi connectivity index (χ1v) is 5.41. The molecule has 3 fully saturated rings. The fourth-order valence-electron chi connectivity index (χ4n) is 3.29. The van der Waals surface area contributed by atoms with Crippen LogP contribution in [0.5, 0.6) is 0 Å². The molecule has 3 saturated carbocycles. The first kappa shape index (κ1) is 7.37. The van der Waals surface area contributed by atoms with Gasteiger partial charge in [0, 0.05) is 5.54 Å². The Bertz CT molecular complexity index is 211. The fourth-order valence-corrected chi connectivity index (χ4v) is 3.29. The van der Waals surface area contributed by atoms with E-state index < -0.39 is 0 Å². The zero-order valence-electron chi connectivity index (χ0n) is 7.97. The second-order valence-corrected chi connectivity index (χ2v) is 5.81. The van der Waals surface area contributed by atoms with Crippen molar-refractivity contribution in [1.29, 1.82) is 0 Å². The molecule has 0 radical (unpaired) electrons. The van der Waals surface area contributed by atoms with Crippen LogP contribution in [0.25, 0.3) is 0 Å². The molecular formula is C11H19N. The predicted octanol–water partition coefficient (Wildman–Crippen LogP) is 2.30. The Hall–Kier alpha value is -0.0400. The third-order valence-corrected chi connectivity index (χ3v) is 4.58. The van der Waals surface area contributed by atoms with Gasteiger partial charge in [0.25, 0.3) is 0 Å². The van der Waals surface area contributed by atoms with Gasteiger partial charge in [-0.2, -0.15) is 0 Å². The maximum atomic E-state index is 6.10. The van der Waals surface area contributed by atoms with Crippen LogP contribution < -0.4 is 5.73 Å². The Morgan fingerprint density at radius 1 is 1.25 bits per heavy atom. The molecule has 0 aliphatic heterocycles. The summed E-state index contributed by atoms with van der Waals surface area (Å²) >= 11 is 0. The largest absolute Gasteiger partial charge is 0.325 e. The highest BCUT2D eigenvalue weighted by molar-refractivity contribution is 5.11. The third kappa shape index (κ3) is 0.953. The minimum atomic E-state index is 0.310. The van der Waals surface area contributed by atoms with E-state index in [1.807, 2.05) is 0 Å². The quantitative estimate of drug-likeness (QED) is 0.667. The van der Waals surface area contributed by atoms with E-state index in [9.17, 15) is 0 Å². The van der Waals surface area contributed by atoms with Crippen LogP contribution in [0.2, 0.25) is 0 Å². The SMILES string of the molecule is CC1CC12CC(CC1(N)CC1)C2. The van der Waals surface area contributed by atoms with Gasteiger partial charge < -0.3 is 5.73 Å². The van der Waals surface area contributed by atoms with Crippen molar-refractivity contribution in [2.45, 2.75) is 51.0 Å². The first-order chi connectivity index (χ1) is 5.62. The molecule has 0 amide bonds. The Balaban J connectivity index is 1.51. The van der Waals surface area contributed by atoms with Crippen LogP contribution in [-0.4, -0.2) is 5.54 Å². The Morgan fingerprint density at radius 2 is 1.83 bits per heavy atom. The van der Waals surface area contributed by atoms with E-state index in [0.717, 1.165) is 17.3 Å². The molecule has 0 aromatic rings. The van der Waals surface area contributed by atoms with E-state index in [1.165, 1.54) is 38.5 Å². The molecule has 1 heteroatoms. The van der Waals surface area contributed by atoms with Gasteiger partial charge >= 0.3 is 0 Å². The summed E-state index contributed by atoms with van der Waals surface area (Å²) in [6, 6.07) is 0. The van der Waals surface area contributed by atoms with Crippen LogP contribution >= 0.6 is 0 Å². The van der Waals surface area contributed by atoms with Gasteiger partial charge in [-0.25, -0.2) is 0 Å². The van der Waals surface area contributed by atoms with Crippen molar-refractivity contribution in [3.63, 3.8) is 0 Å². The van der Waals surface area contributed by atoms with Crippen LogP contribution in [-0.2, 0) is 0 Å². The van der Waals surface area contributed by atoms with E-state index in [4.69, 9.17) is 5.73 Å². The van der Waals surface area contributed by atoms with E-state index in [0.29, 0.717) is 5.54 Å². The highest BCUT2D eigenvalue weighted by Crippen LogP contribution is 2.69. The molecular weight excluding hydrogens is 146 g/mol. The molecule has 0 saturated heterocycles. The second-order valence-electron chi connectivity index (χ2n) is 5.81. The van der Waals surface area contributed by atoms with Crippen molar-refractivity contribution < 1.29 is 0 Å². The van der Waals surface area contributed by atoms with Crippen LogP contribution in [0.15, 0.2) is 0 Å². The monoisotopic (exact) mass is 165 g/mol. The lowest BCUT2D eigenvalue weighted by Crippen LogP contribution is -2.34. The van der Waals surface area contributed by atoms with Crippen LogP contribution in [0, 0.1) is 17.3 Å². The van der Waals surface area contributed by atoms with Gasteiger partial charge in [0.1, 0.15) is 0 Å². The van der Waals surface area contributed by atoms with Crippen molar-refractivity contribution in [3.8, 4) is 0 Å². The number of hydrogen-bond donors (Lipinski definition) is 1. The van der Waals surface area contributed by atoms with Crippen molar-refractivity contribution in [1.82, 2.24) is 0 Å². The molecule has 1 unspecified atom stereocenters. The van der Waals surface area contributed by atoms with Crippen molar-refractivity contribution >= 4 is 0 Å². The maximum absolute atomic E-state index is 6.10. The fraction of sp³-hybridized carbons (Fsp3) is 1.00. The zero-order chi connectivity index (χ0) is 8.40. The van der Waals surface area contributed by atoms with Crippen molar-refractivity contribution in [3.05, 3.63) is 0 Å². The Morgan fingerprint density at radius 3 is 2.25 bits per heavy atom. The number of nitrogens with two attached hydrogens (primary N) is 1. The van der Waals surface area contributed by atoms with Crippen molar-refractivity contribution in [2.24, 2.45) is 23.0 Å². The van der Waals surface area contributed by atoms with Gasteiger partial charge in [0.2, 0.25) is 0 Å². The lowest BCUT2D eigenvalue weighted by molar-refractivity contribution is 0.132. The molecule has 0 aromatic carbocycles. The third-order valence-electron chi connectivity index (χ3n) is 4.58. The summed E-state index contributed by atoms with van der Waals surface area (Å²) in [6.07, 6.45) is 8.46. The molecule has 0 heterocycles. The zero-order valence-corrected chi connectivity index (χ0v) is 7.97. The molecule has 0 bridgehead atoms. The first-order valence-electron chi connectivity index (χ1n) is 5.41. The summed E-state index contributed by atoms with van der Waals surface area (Å²) < 4.78 is 0. The summed E-state index contributed by atoms with van der Waals surface area (Å²) in [5, 5.41) is 0. The number of rotatable bonds is 2. The highest BCUT2D eigenvalue weighted by atomic mass is 14.8. The van der Waals surface area contributed by atoms with Gasteiger partial charge in [0.15, 0.2) is 0 Å². The van der Waals surface area contributed by atoms with Gasteiger partial charge in [-0.05, 0) is 55.8 Å². The lowest BCUT2D eigenvalue weighted by atomic mass is 9.68. The van der Waals surface area contributed by atoms with Crippen LogP contribution in [0.3, 0.4) is 0 Å². The van der Waals surface area contributed by atoms with Gasteiger partial charge in [0.05, 0.1) is 0 Å². The minimum absolute atomic E-state index is 0.310. The van der Waals surface area contributed by atoms with E-state index in [2.05, 4.69) is 6.92 Å². The van der Waals surface area contributed by atoms with Crippen molar-refractivity contribution in [2.75, 3.05) is 0 Å². The van der Waals surface area contributed by atoms with E-state index in [1.54, 1.807) is 0 Å². The highest BCUT2D eigenvalue weighted by Gasteiger charge is 2.60. The molecule has 3 aliphatic carbocycles. The molecule has 1 atom stereocenters. The van der Waals surface area contributed by atoms with Crippen LogP contribution in [0.1, 0.15) is 45.4 Å². The predicted molar refractivity (Wildman–Crippen MR) is 49.7 cm³/mol. The molecule has 1 spiro atoms. The average Bonchev–Trinajstić information content (AvgIpc) is 2.75. The lowest BCUT2D eigenvalue weighted by Gasteiger charge is -2.38. The van der Waals surface area contributed by atoms with Gasteiger partial charge in [-0.3, -0.25) is 0 Å². The molecule has 3 rings (SSSR count). The summed E-state index contributed by atoms with van der Waals surface area (Å²) in [5.41, 5.74) is 7.25. The average molecular weight is 165 g/mol. The normalized spacial score (nSPS) is 53.5. The molecule has 3 aliphatic rings. The van der Waals surface area contributed by atoms with E-state index >= 15 is 0 Å². The Labute approximate surface area is 74.7 Å². The molecule has 2 N–H and O–H groups in total. The Kier molecular flexibility index (Phi) is 1.16. The molecule has 12 heavy (non-hydrogen) atoms. The summed E-state index contributed by atoms with van der Waals surface area (Å²) in [4.78, 5) is 0. The number of hydrogen-bond acceptors (Lipinski definition) is 1. The topological polar surface area (TPSA) is 26.0 Å². The maximum Gasteiger partial charge on any atom is 0.0158 e. The van der Waals surface area contributed by atoms with Crippen LogP contribution in [0.4, 0.5) is 0 Å². The van der Waals surface area contributed by atoms with E-state index in [-0.39, 0.29) is 0 Å². The summed E-state index contributed by atoms with van der Waals surface area (Å²) in [7, 11) is 0. The van der Waals surface area contributed by atoms with Gasteiger partial charge in [-0.1, -0.05) is 6.92 Å². The minimum Gasteiger partial charge on any atom is -0.325 e. The smallest absolute Gasteiger partial charge is 0.0158 e. The molecule has 0 aromatic heterocycles. The second kappa shape index (κ2) is 1.89.